The summed E-state index contributed by atoms with van der Waals surface area (Å²) in [6.07, 6.45) is 1.98. The number of nitrogens with one attached hydrogen (secondary N) is 1. The second kappa shape index (κ2) is 7.84. The molecule has 0 saturated carbocycles. The van der Waals surface area contributed by atoms with Crippen LogP contribution in [0.2, 0.25) is 0 Å². The largest absolute Gasteiger partial charge is 0.354 e. The van der Waals surface area contributed by atoms with Gasteiger partial charge in [-0.1, -0.05) is 23.9 Å². The van der Waals surface area contributed by atoms with Gasteiger partial charge in [0, 0.05) is 43.5 Å². The van der Waals surface area contributed by atoms with Gasteiger partial charge in [-0.2, -0.15) is 0 Å². The van der Waals surface area contributed by atoms with E-state index in [9.17, 15) is 4.79 Å². The van der Waals surface area contributed by atoms with E-state index in [0.717, 1.165) is 48.7 Å². The topological polar surface area (TPSA) is 61.4 Å². The summed E-state index contributed by atoms with van der Waals surface area (Å²) in [5.41, 5.74) is 1.53. The van der Waals surface area contributed by atoms with Crippen molar-refractivity contribution in [2.24, 2.45) is 0 Å². The minimum atomic E-state index is 0.0502. The zero-order valence-corrected chi connectivity index (χ0v) is 15.6. The molecule has 1 fully saturated rings. The highest BCUT2D eigenvalue weighted by molar-refractivity contribution is 7.98. The number of rotatable bonds is 5. The van der Waals surface area contributed by atoms with E-state index in [-0.39, 0.29) is 5.78 Å². The molecule has 6 nitrogen and oxygen atoms in total. The second-order valence-electron chi connectivity index (χ2n) is 6.15. The van der Waals surface area contributed by atoms with E-state index >= 15 is 0 Å². The molecule has 1 aromatic carbocycles. The minimum Gasteiger partial charge on any atom is -0.354 e. The summed E-state index contributed by atoms with van der Waals surface area (Å²) in [7, 11) is 2.14. The van der Waals surface area contributed by atoms with E-state index in [2.05, 4.69) is 32.1 Å². The molecule has 3 rings (SSSR count). The zero-order chi connectivity index (χ0) is 17.8. The Morgan fingerprint density at radius 1 is 1.16 bits per heavy atom. The average Bonchev–Trinajstić information content (AvgIpc) is 2.62. The molecule has 25 heavy (non-hydrogen) atoms. The number of likely N-dealkylation sites (N-methyl/N-ethyl adjacent to an activating group) is 1. The van der Waals surface area contributed by atoms with Gasteiger partial charge in [0.25, 0.3) is 0 Å². The number of hydrogen-bond acceptors (Lipinski definition) is 7. The summed E-state index contributed by atoms with van der Waals surface area (Å²) in [6, 6.07) is 9.45. The van der Waals surface area contributed by atoms with Gasteiger partial charge < -0.3 is 15.1 Å². The summed E-state index contributed by atoms with van der Waals surface area (Å²) in [4.78, 5) is 25.4. The van der Waals surface area contributed by atoms with Crippen molar-refractivity contribution >= 4 is 34.9 Å². The Hall–Kier alpha value is -2.12. The molecule has 1 aliphatic heterocycles. The van der Waals surface area contributed by atoms with Crippen LogP contribution in [0.25, 0.3) is 0 Å². The first-order valence-electron chi connectivity index (χ1n) is 8.30. The molecule has 2 heterocycles. The van der Waals surface area contributed by atoms with E-state index < -0.39 is 0 Å². The first-order chi connectivity index (χ1) is 12.0. The Labute approximate surface area is 152 Å². The van der Waals surface area contributed by atoms with Crippen molar-refractivity contribution in [3.05, 3.63) is 35.9 Å². The van der Waals surface area contributed by atoms with Crippen molar-refractivity contribution < 1.29 is 4.79 Å². The van der Waals surface area contributed by atoms with Crippen LogP contribution in [0.3, 0.4) is 0 Å². The van der Waals surface area contributed by atoms with Crippen molar-refractivity contribution in [3.63, 3.8) is 0 Å². The van der Waals surface area contributed by atoms with E-state index in [1.807, 2.05) is 36.6 Å². The molecule has 0 amide bonds. The van der Waals surface area contributed by atoms with Crippen molar-refractivity contribution in [3.8, 4) is 0 Å². The third-order valence-corrected chi connectivity index (χ3v) is 4.79. The maximum atomic E-state index is 11.6. The van der Waals surface area contributed by atoms with Gasteiger partial charge in [-0.15, -0.1) is 0 Å². The number of nitrogens with zero attached hydrogens (tertiary/aromatic N) is 4. The number of anilines is 3. The summed E-state index contributed by atoms with van der Waals surface area (Å²) >= 11 is 1.53. The van der Waals surface area contributed by atoms with Gasteiger partial charge in [-0.25, -0.2) is 9.97 Å². The molecular weight excluding hydrogens is 334 g/mol. The molecule has 0 unspecified atom stereocenters. The first kappa shape index (κ1) is 17.7. The number of carbonyl (C=O) groups excluding carboxylic acids is 1. The van der Waals surface area contributed by atoms with Crippen molar-refractivity contribution in [2.75, 3.05) is 49.7 Å². The Morgan fingerprint density at radius 2 is 1.92 bits per heavy atom. The quantitative estimate of drug-likeness (QED) is 0.501. The van der Waals surface area contributed by atoms with Crippen LogP contribution in [-0.4, -0.2) is 60.1 Å². The minimum absolute atomic E-state index is 0.0502. The van der Waals surface area contributed by atoms with Gasteiger partial charge in [-0.05, 0) is 32.4 Å². The molecule has 0 bridgehead atoms. The molecule has 0 aliphatic carbocycles. The van der Waals surface area contributed by atoms with Crippen LogP contribution >= 0.6 is 11.8 Å². The smallest absolute Gasteiger partial charge is 0.191 e. The van der Waals surface area contributed by atoms with Crippen LogP contribution < -0.4 is 10.2 Å². The zero-order valence-electron chi connectivity index (χ0n) is 14.8. The second-order valence-corrected chi connectivity index (χ2v) is 6.92. The van der Waals surface area contributed by atoms with E-state index in [0.29, 0.717) is 5.56 Å². The maximum Gasteiger partial charge on any atom is 0.191 e. The van der Waals surface area contributed by atoms with Crippen LogP contribution in [0.1, 0.15) is 17.3 Å². The lowest BCUT2D eigenvalue weighted by Gasteiger charge is -2.33. The fraction of sp³-hybridized carbons (Fsp3) is 0.389. The van der Waals surface area contributed by atoms with E-state index in [4.69, 9.17) is 0 Å². The number of piperazine rings is 1. The van der Waals surface area contributed by atoms with Crippen LogP contribution in [0.4, 0.5) is 17.3 Å². The highest BCUT2D eigenvalue weighted by Crippen LogP contribution is 2.24. The fourth-order valence-electron chi connectivity index (χ4n) is 2.73. The molecule has 1 N–H and O–H groups in total. The number of benzene rings is 1. The van der Waals surface area contributed by atoms with Crippen LogP contribution in [0.5, 0.6) is 0 Å². The molecule has 1 saturated heterocycles. The lowest BCUT2D eigenvalue weighted by Crippen LogP contribution is -2.44. The molecule has 2 aromatic rings. The Kier molecular flexibility index (Phi) is 5.55. The fourth-order valence-corrected chi connectivity index (χ4v) is 3.10. The number of Topliss-reactive ketones (excluding diaryl/α,β-unsaturated/α-hetero) is 1. The molecule has 0 radical (unpaired) electrons. The predicted octanol–water partition coefficient (Wildman–Crippen LogP) is 2.90. The third-order valence-electron chi connectivity index (χ3n) is 4.24. The number of carbonyl (C=O) groups is 1. The Bertz CT molecular complexity index is 759. The summed E-state index contributed by atoms with van der Waals surface area (Å²) in [5, 5.41) is 4.05. The monoisotopic (exact) mass is 357 g/mol. The van der Waals surface area contributed by atoms with Crippen molar-refractivity contribution in [2.45, 2.75) is 12.1 Å². The molecular formula is C18H23N5OS. The van der Waals surface area contributed by atoms with E-state index in [1.54, 1.807) is 6.92 Å². The molecule has 132 valence electrons. The molecule has 1 aliphatic rings. The summed E-state index contributed by atoms with van der Waals surface area (Å²) < 4.78 is 0. The van der Waals surface area contributed by atoms with Crippen molar-refractivity contribution in [1.29, 1.82) is 0 Å². The lowest BCUT2D eigenvalue weighted by atomic mass is 10.1. The molecule has 0 atom stereocenters. The SMILES string of the molecule is CSc1nc(Nc2cccc(C(C)=O)c2)cc(N2CCN(C)CC2)n1. The number of hydrogen-bond donors (Lipinski definition) is 1. The summed E-state index contributed by atoms with van der Waals surface area (Å²) in [6.45, 7) is 5.55. The van der Waals surface area contributed by atoms with E-state index in [1.165, 1.54) is 11.8 Å². The maximum absolute atomic E-state index is 11.6. The Balaban J connectivity index is 1.84. The Morgan fingerprint density at radius 3 is 2.60 bits per heavy atom. The molecule has 7 heteroatoms. The normalized spacial score (nSPS) is 15.2. The number of ketones is 1. The van der Waals surface area contributed by atoms with Crippen LogP contribution in [0.15, 0.2) is 35.5 Å². The summed E-state index contributed by atoms with van der Waals surface area (Å²) in [5.74, 6) is 1.74. The molecule has 0 spiro atoms. The first-order valence-corrected chi connectivity index (χ1v) is 9.52. The predicted molar refractivity (Wildman–Crippen MR) is 103 cm³/mol. The van der Waals surface area contributed by atoms with Gasteiger partial charge in [-0.3, -0.25) is 4.79 Å². The standard InChI is InChI=1S/C18H23N5OS/c1-13(24)14-5-4-6-15(11-14)19-16-12-17(21-18(20-16)25-3)23-9-7-22(2)8-10-23/h4-6,11-12H,7-10H2,1-3H3,(H,19,20,21). The van der Waals surface area contributed by atoms with Crippen LogP contribution in [-0.2, 0) is 0 Å². The van der Waals surface area contributed by atoms with Gasteiger partial charge in [0.1, 0.15) is 11.6 Å². The van der Waals surface area contributed by atoms with Gasteiger partial charge in [0.2, 0.25) is 0 Å². The van der Waals surface area contributed by atoms with Gasteiger partial charge in [0.05, 0.1) is 0 Å². The van der Waals surface area contributed by atoms with Gasteiger partial charge in [0.15, 0.2) is 10.9 Å². The lowest BCUT2D eigenvalue weighted by molar-refractivity contribution is 0.101. The highest BCUT2D eigenvalue weighted by atomic mass is 32.2. The molecule has 1 aromatic heterocycles. The number of aromatic nitrogens is 2. The van der Waals surface area contributed by atoms with Crippen LogP contribution in [0, 0.1) is 0 Å². The van der Waals surface area contributed by atoms with Crippen molar-refractivity contribution in [1.82, 2.24) is 14.9 Å². The highest BCUT2D eigenvalue weighted by Gasteiger charge is 2.17. The van der Waals surface area contributed by atoms with Gasteiger partial charge >= 0.3 is 0 Å². The number of thioether (sulfide) groups is 1. The average molecular weight is 357 g/mol. The third kappa shape index (κ3) is 4.49.